The van der Waals surface area contributed by atoms with Crippen LogP contribution in [0.15, 0.2) is 48.5 Å². The first kappa shape index (κ1) is 18.2. The zero-order valence-corrected chi connectivity index (χ0v) is 15.5. The minimum Gasteiger partial charge on any atom is -0.355 e. The first-order valence-corrected chi connectivity index (χ1v) is 9.32. The molecule has 1 N–H and O–H groups in total. The number of aryl methyl sites for hydroxylation is 2. The number of benzene rings is 2. The lowest BCUT2D eigenvalue weighted by Gasteiger charge is -2.17. The molecule has 1 unspecified atom stereocenters. The lowest BCUT2D eigenvalue weighted by molar-refractivity contribution is -0.132. The maximum Gasteiger partial charge on any atom is 0.239 e. The van der Waals surface area contributed by atoms with Crippen molar-refractivity contribution in [3.8, 4) is 0 Å². The number of nitrogens with one attached hydrogen (secondary N) is 1. The first-order valence-electron chi connectivity index (χ1n) is 9.32. The standard InChI is InChI=1S/C22H26N2O2/c1-3-17-7-9-19(10-8-17)24-14-12-20(22(24)26)21(25)23-13-11-18-6-4-5-16(2)15-18/h4-10,15,20H,3,11-14H2,1-2H3,(H,23,25). The predicted molar refractivity (Wildman–Crippen MR) is 104 cm³/mol. The van der Waals surface area contributed by atoms with E-state index >= 15 is 0 Å². The Bertz CT molecular complexity index is 783. The smallest absolute Gasteiger partial charge is 0.239 e. The van der Waals surface area contributed by atoms with Gasteiger partial charge in [0.05, 0.1) is 0 Å². The lowest BCUT2D eigenvalue weighted by atomic mass is 10.1. The topological polar surface area (TPSA) is 49.4 Å². The zero-order chi connectivity index (χ0) is 18.5. The Labute approximate surface area is 155 Å². The van der Waals surface area contributed by atoms with Crippen molar-refractivity contribution in [3.63, 3.8) is 0 Å². The molecule has 1 aliphatic heterocycles. The van der Waals surface area contributed by atoms with Gasteiger partial charge >= 0.3 is 0 Å². The maximum atomic E-state index is 12.6. The average molecular weight is 350 g/mol. The number of nitrogens with zero attached hydrogens (tertiary/aromatic N) is 1. The van der Waals surface area contributed by atoms with E-state index in [2.05, 4.69) is 37.4 Å². The molecular weight excluding hydrogens is 324 g/mol. The average Bonchev–Trinajstić information content (AvgIpc) is 3.03. The molecule has 4 nitrogen and oxygen atoms in total. The van der Waals surface area contributed by atoms with Crippen molar-refractivity contribution >= 4 is 17.5 Å². The zero-order valence-electron chi connectivity index (χ0n) is 15.5. The van der Waals surface area contributed by atoms with Gasteiger partial charge in [0.15, 0.2) is 0 Å². The molecule has 3 rings (SSSR count). The van der Waals surface area contributed by atoms with Crippen molar-refractivity contribution in [3.05, 3.63) is 65.2 Å². The summed E-state index contributed by atoms with van der Waals surface area (Å²) in [5.41, 5.74) is 4.53. The molecule has 1 heterocycles. The van der Waals surface area contributed by atoms with Gasteiger partial charge in [-0.2, -0.15) is 0 Å². The largest absolute Gasteiger partial charge is 0.355 e. The molecule has 2 aromatic carbocycles. The fraction of sp³-hybridized carbons (Fsp3) is 0.364. The fourth-order valence-corrected chi connectivity index (χ4v) is 3.41. The molecule has 136 valence electrons. The minimum atomic E-state index is -0.571. The molecule has 2 aromatic rings. The van der Waals surface area contributed by atoms with Gasteiger partial charge in [-0.3, -0.25) is 9.59 Å². The van der Waals surface area contributed by atoms with E-state index in [1.165, 1.54) is 16.7 Å². The molecule has 2 amide bonds. The van der Waals surface area contributed by atoms with Gasteiger partial charge in [0.2, 0.25) is 11.8 Å². The Morgan fingerprint density at radius 2 is 1.92 bits per heavy atom. The van der Waals surface area contributed by atoms with Crippen molar-refractivity contribution < 1.29 is 9.59 Å². The SMILES string of the molecule is CCc1ccc(N2CCC(C(=O)NCCc3cccc(C)c3)C2=O)cc1. The van der Waals surface area contributed by atoms with E-state index in [1.807, 2.05) is 30.3 Å². The van der Waals surface area contributed by atoms with Crippen molar-refractivity contribution in [1.82, 2.24) is 5.32 Å². The second-order valence-corrected chi connectivity index (χ2v) is 6.88. The van der Waals surface area contributed by atoms with E-state index in [-0.39, 0.29) is 11.8 Å². The highest BCUT2D eigenvalue weighted by atomic mass is 16.2. The summed E-state index contributed by atoms with van der Waals surface area (Å²) in [7, 11) is 0. The highest BCUT2D eigenvalue weighted by Gasteiger charge is 2.37. The predicted octanol–water partition coefficient (Wildman–Crippen LogP) is 3.27. The van der Waals surface area contributed by atoms with Gasteiger partial charge in [-0.15, -0.1) is 0 Å². The van der Waals surface area contributed by atoms with Gasteiger partial charge < -0.3 is 10.2 Å². The van der Waals surface area contributed by atoms with E-state index in [1.54, 1.807) is 4.90 Å². The summed E-state index contributed by atoms with van der Waals surface area (Å²) in [6, 6.07) is 16.3. The summed E-state index contributed by atoms with van der Waals surface area (Å²) >= 11 is 0. The van der Waals surface area contributed by atoms with Crippen LogP contribution in [0, 0.1) is 12.8 Å². The van der Waals surface area contributed by atoms with Crippen LogP contribution >= 0.6 is 0 Å². The molecule has 0 saturated carbocycles. The molecule has 1 saturated heterocycles. The second-order valence-electron chi connectivity index (χ2n) is 6.88. The number of hydrogen-bond donors (Lipinski definition) is 1. The summed E-state index contributed by atoms with van der Waals surface area (Å²) in [6.45, 7) is 5.31. The summed E-state index contributed by atoms with van der Waals surface area (Å²) in [5, 5.41) is 2.93. The van der Waals surface area contributed by atoms with Crippen molar-refractivity contribution in [2.45, 2.75) is 33.1 Å². The summed E-state index contributed by atoms with van der Waals surface area (Å²) in [5.74, 6) is -0.823. The number of hydrogen-bond acceptors (Lipinski definition) is 2. The van der Waals surface area contributed by atoms with Gasteiger partial charge in [-0.05, 0) is 49.4 Å². The third-order valence-electron chi connectivity index (χ3n) is 4.97. The fourth-order valence-electron chi connectivity index (χ4n) is 3.41. The van der Waals surface area contributed by atoms with Gasteiger partial charge in [0, 0.05) is 18.8 Å². The quantitative estimate of drug-likeness (QED) is 0.813. The highest BCUT2D eigenvalue weighted by Crippen LogP contribution is 2.25. The molecule has 1 fully saturated rings. The van der Waals surface area contributed by atoms with Gasteiger partial charge in [0.1, 0.15) is 5.92 Å². The van der Waals surface area contributed by atoms with Gasteiger partial charge in [0.25, 0.3) is 0 Å². The molecule has 0 radical (unpaired) electrons. The van der Waals surface area contributed by atoms with Crippen LogP contribution in [0.2, 0.25) is 0 Å². The Balaban J connectivity index is 1.54. The van der Waals surface area contributed by atoms with E-state index < -0.39 is 5.92 Å². The molecule has 4 heteroatoms. The summed E-state index contributed by atoms with van der Waals surface area (Å²) in [4.78, 5) is 26.8. The van der Waals surface area contributed by atoms with Gasteiger partial charge in [-0.25, -0.2) is 0 Å². The van der Waals surface area contributed by atoms with Gasteiger partial charge in [-0.1, -0.05) is 48.9 Å². The molecule has 0 aromatic heterocycles. The number of carbonyl (C=O) groups is 2. The van der Waals surface area contributed by atoms with Crippen molar-refractivity contribution in [1.29, 1.82) is 0 Å². The molecule has 1 atom stereocenters. The third kappa shape index (κ3) is 4.13. The Morgan fingerprint density at radius 3 is 2.62 bits per heavy atom. The monoisotopic (exact) mass is 350 g/mol. The van der Waals surface area contributed by atoms with E-state index in [4.69, 9.17) is 0 Å². The molecule has 0 spiro atoms. The first-order chi connectivity index (χ1) is 12.6. The van der Waals surface area contributed by atoms with Crippen LogP contribution in [0.3, 0.4) is 0 Å². The highest BCUT2D eigenvalue weighted by molar-refractivity contribution is 6.09. The molecule has 0 aliphatic carbocycles. The molecule has 1 aliphatic rings. The Morgan fingerprint density at radius 1 is 1.15 bits per heavy atom. The second kappa shape index (κ2) is 8.17. The van der Waals surface area contributed by atoms with Crippen LogP contribution in [-0.2, 0) is 22.4 Å². The van der Waals surface area contributed by atoms with Crippen LogP contribution in [0.4, 0.5) is 5.69 Å². The third-order valence-corrected chi connectivity index (χ3v) is 4.97. The lowest BCUT2D eigenvalue weighted by Crippen LogP contribution is -2.37. The number of anilines is 1. The van der Waals surface area contributed by atoms with Crippen LogP contribution in [0.5, 0.6) is 0 Å². The molecule has 26 heavy (non-hydrogen) atoms. The van der Waals surface area contributed by atoms with Crippen LogP contribution in [0.1, 0.15) is 30.0 Å². The number of carbonyl (C=O) groups excluding carboxylic acids is 2. The van der Waals surface area contributed by atoms with E-state index in [0.29, 0.717) is 19.5 Å². The van der Waals surface area contributed by atoms with Crippen molar-refractivity contribution in [2.75, 3.05) is 18.0 Å². The van der Waals surface area contributed by atoms with E-state index in [9.17, 15) is 9.59 Å². The summed E-state index contributed by atoms with van der Waals surface area (Å²) in [6.07, 6.45) is 2.32. The maximum absolute atomic E-state index is 12.6. The minimum absolute atomic E-state index is 0.0951. The van der Waals surface area contributed by atoms with Crippen LogP contribution in [0.25, 0.3) is 0 Å². The molecular formula is C22H26N2O2. The van der Waals surface area contributed by atoms with E-state index in [0.717, 1.165) is 18.5 Å². The van der Waals surface area contributed by atoms with Crippen LogP contribution < -0.4 is 10.2 Å². The summed E-state index contributed by atoms with van der Waals surface area (Å²) < 4.78 is 0. The number of amides is 2. The van der Waals surface area contributed by atoms with Crippen LogP contribution in [-0.4, -0.2) is 24.9 Å². The Hall–Kier alpha value is -2.62. The normalized spacial score (nSPS) is 16.8. The Kier molecular flexibility index (Phi) is 5.71. The molecule has 0 bridgehead atoms. The van der Waals surface area contributed by atoms with Crippen molar-refractivity contribution in [2.24, 2.45) is 5.92 Å². The number of rotatable bonds is 6.